The van der Waals surface area contributed by atoms with Crippen LogP contribution in [0.25, 0.3) is 0 Å². The van der Waals surface area contributed by atoms with Gasteiger partial charge in [0.2, 0.25) is 11.8 Å². The van der Waals surface area contributed by atoms with Crippen LogP contribution in [0.5, 0.6) is 5.75 Å². The average Bonchev–Trinajstić information content (AvgIpc) is 3.01. The number of halogens is 3. The minimum atomic E-state index is -4.27. The van der Waals surface area contributed by atoms with Crippen LogP contribution in [0.4, 0.5) is 5.69 Å². The number of sulfonamides is 1. The summed E-state index contributed by atoms with van der Waals surface area (Å²) in [5.41, 5.74) is 0.650. The summed E-state index contributed by atoms with van der Waals surface area (Å²) in [7, 11) is -2.79. The standard InChI is InChI=1S/C32H36Cl3N3O5S/c1-3-30(32(40)36-23-10-5-4-6-11-23)37(20-27-28(34)13-8-14-29(27)35)31(39)21-38(24-12-7-9-22(33)19-24)44(41,42)26-17-15-25(43-2)16-18-26/h7-9,12-19,23,30H,3-6,10-11,20-21H2,1-2H3,(H,36,40)/t30-/m1/s1. The first-order chi connectivity index (χ1) is 21.0. The van der Waals surface area contributed by atoms with Gasteiger partial charge in [-0.3, -0.25) is 13.9 Å². The molecule has 12 heteroatoms. The molecule has 4 rings (SSSR count). The van der Waals surface area contributed by atoms with Crippen molar-refractivity contribution >= 4 is 62.3 Å². The molecule has 44 heavy (non-hydrogen) atoms. The molecule has 1 aliphatic carbocycles. The normalized spacial score (nSPS) is 14.5. The molecule has 236 valence electrons. The first-order valence-corrected chi connectivity index (χ1v) is 17.1. The SMILES string of the molecule is CC[C@H](C(=O)NC1CCCCC1)N(Cc1c(Cl)cccc1Cl)C(=O)CN(c1cccc(Cl)c1)S(=O)(=O)c1ccc(OC)cc1. The van der Waals surface area contributed by atoms with Gasteiger partial charge < -0.3 is 15.0 Å². The molecule has 1 saturated carbocycles. The van der Waals surface area contributed by atoms with Crippen LogP contribution in [0.2, 0.25) is 15.1 Å². The van der Waals surface area contributed by atoms with E-state index in [1.807, 2.05) is 6.92 Å². The van der Waals surface area contributed by atoms with Crippen molar-refractivity contribution in [2.75, 3.05) is 18.0 Å². The number of methoxy groups -OCH3 is 1. The molecule has 3 aromatic rings. The summed E-state index contributed by atoms with van der Waals surface area (Å²) < 4.78 is 34.3. The first kappa shape index (κ1) is 33.9. The van der Waals surface area contributed by atoms with Gasteiger partial charge in [-0.05, 0) is 73.9 Å². The zero-order valence-electron chi connectivity index (χ0n) is 24.6. The van der Waals surface area contributed by atoms with Gasteiger partial charge in [0.05, 0.1) is 17.7 Å². The van der Waals surface area contributed by atoms with Crippen molar-refractivity contribution in [3.63, 3.8) is 0 Å². The lowest BCUT2D eigenvalue weighted by atomic mass is 9.95. The molecule has 1 aliphatic rings. The zero-order chi connectivity index (χ0) is 31.9. The number of benzene rings is 3. The van der Waals surface area contributed by atoms with Crippen molar-refractivity contribution < 1.29 is 22.7 Å². The van der Waals surface area contributed by atoms with Crippen LogP contribution in [-0.2, 0) is 26.2 Å². The van der Waals surface area contributed by atoms with Crippen LogP contribution in [0.15, 0.2) is 71.6 Å². The summed E-state index contributed by atoms with van der Waals surface area (Å²) >= 11 is 19.3. The lowest BCUT2D eigenvalue weighted by molar-refractivity contribution is -0.140. The lowest BCUT2D eigenvalue weighted by Gasteiger charge is -2.34. The minimum Gasteiger partial charge on any atom is -0.497 e. The summed E-state index contributed by atoms with van der Waals surface area (Å²) in [6, 6.07) is 16.2. The Kier molecular flexibility index (Phi) is 11.8. The van der Waals surface area contributed by atoms with Crippen molar-refractivity contribution in [1.82, 2.24) is 10.2 Å². The van der Waals surface area contributed by atoms with Crippen molar-refractivity contribution in [2.45, 2.75) is 69.0 Å². The van der Waals surface area contributed by atoms with Gasteiger partial charge in [0.1, 0.15) is 18.3 Å². The minimum absolute atomic E-state index is 0.0181. The highest BCUT2D eigenvalue weighted by Crippen LogP contribution is 2.30. The van der Waals surface area contributed by atoms with E-state index in [0.29, 0.717) is 26.4 Å². The number of carbonyl (C=O) groups excluding carboxylic acids is 2. The second-order valence-corrected chi connectivity index (χ2v) is 13.8. The highest BCUT2D eigenvalue weighted by Gasteiger charge is 2.35. The third kappa shape index (κ3) is 8.18. The molecule has 0 unspecified atom stereocenters. The lowest BCUT2D eigenvalue weighted by Crippen LogP contribution is -2.54. The zero-order valence-corrected chi connectivity index (χ0v) is 27.7. The average molecular weight is 681 g/mol. The number of carbonyl (C=O) groups is 2. The molecule has 0 heterocycles. The van der Waals surface area contributed by atoms with E-state index in [9.17, 15) is 18.0 Å². The molecular formula is C32H36Cl3N3O5S. The van der Waals surface area contributed by atoms with Gasteiger partial charge in [-0.2, -0.15) is 0 Å². The van der Waals surface area contributed by atoms with Crippen molar-refractivity contribution in [2.24, 2.45) is 0 Å². The fourth-order valence-electron chi connectivity index (χ4n) is 5.35. The van der Waals surface area contributed by atoms with Crippen LogP contribution < -0.4 is 14.4 Å². The summed E-state index contributed by atoms with van der Waals surface area (Å²) in [5, 5.41) is 4.07. The maximum atomic E-state index is 14.3. The molecule has 8 nitrogen and oxygen atoms in total. The third-order valence-electron chi connectivity index (χ3n) is 7.75. The van der Waals surface area contributed by atoms with E-state index in [2.05, 4.69) is 5.32 Å². The van der Waals surface area contributed by atoms with Gasteiger partial charge in [0, 0.05) is 33.2 Å². The number of nitrogens with one attached hydrogen (secondary N) is 1. The predicted octanol–water partition coefficient (Wildman–Crippen LogP) is 7.11. The highest BCUT2D eigenvalue weighted by molar-refractivity contribution is 7.92. The Bertz CT molecular complexity index is 1540. The summed E-state index contributed by atoms with van der Waals surface area (Å²) in [6.07, 6.45) is 5.20. The van der Waals surface area contributed by atoms with Crippen molar-refractivity contribution in [3.8, 4) is 5.75 Å². The number of anilines is 1. The van der Waals surface area contributed by atoms with E-state index >= 15 is 0 Å². The molecular weight excluding hydrogens is 645 g/mol. The summed E-state index contributed by atoms with van der Waals surface area (Å²) in [5.74, 6) is -0.432. The highest BCUT2D eigenvalue weighted by atomic mass is 35.5. The van der Waals surface area contributed by atoms with Gasteiger partial charge in [0.25, 0.3) is 10.0 Å². The molecule has 0 aromatic heterocycles. The van der Waals surface area contributed by atoms with Crippen LogP contribution in [0.1, 0.15) is 51.0 Å². The Labute approximate surface area is 274 Å². The predicted molar refractivity (Wildman–Crippen MR) is 175 cm³/mol. The fourth-order valence-corrected chi connectivity index (χ4v) is 7.46. The van der Waals surface area contributed by atoms with Crippen LogP contribution in [0, 0.1) is 0 Å². The van der Waals surface area contributed by atoms with E-state index in [-0.39, 0.29) is 35.5 Å². The number of ether oxygens (including phenoxy) is 1. The summed E-state index contributed by atoms with van der Waals surface area (Å²) in [6.45, 7) is 1.10. The Balaban J connectivity index is 1.74. The van der Waals surface area contributed by atoms with E-state index < -0.39 is 28.5 Å². The van der Waals surface area contributed by atoms with Gasteiger partial charge in [0.15, 0.2) is 0 Å². The van der Waals surface area contributed by atoms with Crippen LogP contribution in [0.3, 0.4) is 0 Å². The maximum Gasteiger partial charge on any atom is 0.264 e. The van der Waals surface area contributed by atoms with Crippen molar-refractivity contribution in [3.05, 3.63) is 87.4 Å². The van der Waals surface area contributed by atoms with Crippen molar-refractivity contribution in [1.29, 1.82) is 0 Å². The maximum absolute atomic E-state index is 14.3. The Morgan fingerprint density at radius 1 is 0.955 bits per heavy atom. The monoisotopic (exact) mass is 679 g/mol. The van der Waals surface area contributed by atoms with E-state index in [1.54, 1.807) is 36.4 Å². The molecule has 1 N–H and O–H groups in total. The Morgan fingerprint density at radius 3 is 2.18 bits per heavy atom. The van der Waals surface area contributed by atoms with Crippen LogP contribution in [-0.4, -0.2) is 50.9 Å². The molecule has 0 spiro atoms. The van der Waals surface area contributed by atoms with E-state index in [0.717, 1.165) is 36.4 Å². The molecule has 3 aromatic carbocycles. The molecule has 0 radical (unpaired) electrons. The van der Waals surface area contributed by atoms with Gasteiger partial charge >= 0.3 is 0 Å². The van der Waals surface area contributed by atoms with E-state index in [1.165, 1.54) is 42.3 Å². The quantitative estimate of drug-likeness (QED) is 0.220. The van der Waals surface area contributed by atoms with Gasteiger partial charge in [-0.1, -0.05) is 73.1 Å². The summed E-state index contributed by atoms with van der Waals surface area (Å²) in [4.78, 5) is 29.3. The second kappa shape index (κ2) is 15.3. The topological polar surface area (TPSA) is 96.0 Å². The molecule has 1 atom stereocenters. The molecule has 0 bridgehead atoms. The molecule has 1 fully saturated rings. The molecule has 0 aliphatic heterocycles. The van der Waals surface area contributed by atoms with Gasteiger partial charge in [-0.15, -0.1) is 0 Å². The fraction of sp³-hybridized carbons (Fsp3) is 0.375. The first-order valence-electron chi connectivity index (χ1n) is 14.5. The molecule has 0 saturated heterocycles. The largest absolute Gasteiger partial charge is 0.497 e. The number of hydrogen-bond acceptors (Lipinski definition) is 5. The van der Waals surface area contributed by atoms with Gasteiger partial charge in [-0.25, -0.2) is 8.42 Å². The molecule has 2 amide bonds. The Morgan fingerprint density at radius 2 is 1.59 bits per heavy atom. The second-order valence-electron chi connectivity index (χ2n) is 10.7. The third-order valence-corrected chi connectivity index (χ3v) is 10.5. The number of rotatable bonds is 12. The number of hydrogen-bond donors (Lipinski definition) is 1. The van der Waals surface area contributed by atoms with E-state index in [4.69, 9.17) is 39.5 Å². The van der Waals surface area contributed by atoms with Crippen LogP contribution >= 0.6 is 34.8 Å². The number of amides is 2. The smallest absolute Gasteiger partial charge is 0.264 e. The number of nitrogens with zero attached hydrogens (tertiary/aromatic N) is 2. The Hall–Kier alpha value is -2.98.